The van der Waals surface area contributed by atoms with Gasteiger partial charge in [-0.2, -0.15) is 0 Å². The molecule has 2 aliphatic rings. The SMILES string of the molecule is CN(C)C(=O)CNCC1CN2CCCC2CO1. The van der Waals surface area contributed by atoms with Crippen LogP contribution in [0, 0.1) is 0 Å². The smallest absolute Gasteiger partial charge is 0.236 e. The molecular weight excluding hydrogens is 218 g/mol. The zero-order chi connectivity index (χ0) is 12.3. The summed E-state index contributed by atoms with van der Waals surface area (Å²) < 4.78 is 5.81. The average Bonchev–Trinajstić information content (AvgIpc) is 2.75. The number of amides is 1. The zero-order valence-corrected chi connectivity index (χ0v) is 10.8. The van der Waals surface area contributed by atoms with E-state index in [1.54, 1.807) is 19.0 Å². The molecule has 0 radical (unpaired) electrons. The lowest BCUT2D eigenvalue weighted by atomic mass is 10.2. The molecule has 2 atom stereocenters. The molecule has 2 rings (SSSR count). The molecule has 98 valence electrons. The van der Waals surface area contributed by atoms with Gasteiger partial charge in [-0.3, -0.25) is 9.69 Å². The highest BCUT2D eigenvalue weighted by Crippen LogP contribution is 2.22. The number of hydrogen-bond donors (Lipinski definition) is 1. The van der Waals surface area contributed by atoms with Crippen molar-refractivity contribution in [3.8, 4) is 0 Å². The first-order chi connectivity index (χ1) is 8.16. The third-order valence-electron chi connectivity index (χ3n) is 3.61. The Morgan fingerprint density at radius 2 is 2.35 bits per heavy atom. The van der Waals surface area contributed by atoms with Crippen molar-refractivity contribution in [3.05, 3.63) is 0 Å². The summed E-state index contributed by atoms with van der Waals surface area (Å²) in [5.41, 5.74) is 0. The van der Waals surface area contributed by atoms with Crippen molar-refractivity contribution < 1.29 is 9.53 Å². The zero-order valence-electron chi connectivity index (χ0n) is 10.8. The number of nitrogens with one attached hydrogen (secondary N) is 1. The molecule has 5 heteroatoms. The minimum absolute atomic E-state index is 0.111. The van der Waals surface area contributed by atoms with Gasteiger partial charge in [-0.25, -0.2) is 0 Å². The Labute approximate surface area is 103 Å². The quantitative estimate of drug-likeness (QED) is 0.722. The van der Waals surface area contributed by atoms with Crippen molar-refractivity contribution >= 4 is 5.91 Å². The van der Waals surface area contributed by atoms with Crippen LogP contribution in [0.2, 0.25) is 0 Å². The Morgan fingerprint density at radius 3 is 3.12 bits per heavy atom. The van der Waals surface area contributed by atoms with Gasteiger partial charge in [-0.15, -0.1) is 0 Å². The minimum atomic E-state index is 0.111. The predicted molar refractivity (Wildman–Crippen MR) is 65.9 cm³/mol. The van der Waals surface area contributed by atoms with Gasteiger partial charge in [0.15, 0.2) is 0 Å². The van der Waals surface area contributed by atoms with Crippen LogP contribution < -0.4 is 5.32 Å². The van der Waals surface area contributed by atoms with Gasteiger partial charge in [0.25, 0.3) is 0 Å². The number of ether oxygens (including phenoxy) is 1. The molecule has 2 unspecified atom stereocenters. The number of carbonyl (C=O) groups is 1. The molecule has 1 amide bonds. The highest BCUT2D eigenvalue weighted by molar-refractivity contribution is 5.77. The van der Waals surface area contributed by atoms with Crippen molar-refractivity contribution in [2.45, 2.75) is 25.0 Å². The minimum Gasteiger partial charge on any atom is -0.374 e. The molecule has 2 saturated heterocycles. The maximum atomic E-state index is 11.4. The Hall–Kier alpha value is -0.650. The summed E-state index contributed by atoms with van der Waals surface area (Å²) >= 11 is 0. The lowest BCUT2D eigenvalue weighted by Crippen LogP contribution is -2.50. The lowest BCUT2D eigenvalue weighted by molar-refractivity contribution is -0.127. The molecule has 1 N–H and O–H groups in total. The van der Waals surface area contributed by atoms with Crippen LogP contribution in [0.3, 0.4) is 0 Å². The van der Waals surface area contributed by atoms with E-state index < -0.39 is 0 Å². The van der Waals surface area contributed by atoms with Gasteiger partial charge in [-0.05, 0) is 19.4 Å². The molecule has 0 bridgehead atoms. The van der Waals surface area contributed by atoms with Crippen molar-refractivity contribution in [1.82, 2.24) is 15.1 Å². The fourth-order valence-corrected chi connectivity index (χ4v) is 2.51. The predicted octanol–water partition coefficient (Wildman–Crippen LogP) is -0.473. The fourth-order valence-electron chi connectivity index (χ4n) is 2.51. The van der Waals surface area contributed by atoms with Crippen LogP contribution in [-0.2, 0) is 9.53 Å². The summed E-state index contributed by atoms with van der Waals surface area (Å²) in [4.78, 5) is 15.5. The van der Waals surface area contributed by atoms with Crippen LogP contribution >= 0.6 is 0 Å². The topological polar surface area (TPSA) is 44.8 Å². The van der Waals surface area contributed by atoms with Gasteiger partial charge >= 0.3 is 0 Å². The van der Waals surface area contributed by atoms with E-state index in [-0.39, 0.29) is 12.0 Å². The maximum absolute atomic E-state index is 11.4. The van der Waals surface area contributed by atoms with E-state index in [1.165, 1.54) is 19.4 Å². The molecule has 2 heterocycles. The number of nitrogens with zero attached hydrogens (tertiary/aromatic N) is 2. The van der Waals surface area contributed by atoms with Crippen molar-refractivity contribution in [2.75, 3.05) is 46.9 Å². The van der Waals surface area contributed by atoms with Crippen molar-refractivity contribution in [1.29, 1.82) is 0 Å². The Morgan fingerprint density at radius 1 is 1.53 bits per heavy atom. The van der Waals surface area contributed by atoms with E-state index in [0.717, 1.165) is 19.7 Å². The second-order valence-electron chi connectivity index (χ2n) is 5.17. The molecule has 17 heavy (non-hydrogen) atoms. The molecule has 0 aromatic heterocycles. The number of fused-ring (bicyclic) bond motifs is 1. The first-order valence-electron chi connectivity index (χ1n) is 6.43. The fraction of sp³-hybridized carbons (Fsp3) is 0.917. The van der Waals surface area contributed by atoms with E-state index >= 15 is 0 Å². The molecular formula is C12H23N3O2. The first kappa shape index (κ1) is 12.8. The molecule has 0 saturated carbocycles. The van der Waals surface area contributed by atoms with Crippen molar-refractivity contribution in [2.24, 2.45) is 0 Å². The van der Waals surface area contributed by atoms with Gasteiger partial charge in [0.2, 0.25) is 5.91 Å². The first-order valence-corrected chi connectivity index (χ1v) is 6.43. The van der Waals surface area contributed by atoms with E-state index in [0.29, 0.717) is 12.6 Å². The van der Waals surface area contributed by atoms with Crippen LogP contribution in [0.4, 0.5) is 0 Å². The molecule has 2 aliphatic heterocycles. The third kappa shape index (κ3) is 3.40. The third-order valence-corrected chi connectivity index (χ3v) is 3.61. The van der Waals surface area contributed by atoms with Gasteiger partial charge < -0.3 is 15.0 Å². The van der Waals surface area contributed by atoms with Crippen LogP contribution in [0.25, 0.3) is 0 Å². The number of carbonyl (C=O) groups excluding carboxylic acids is 1. The Balaban J connectivity index is 1.65. The monoisotopic (exact) mass is 241 g/mol. The van der Waals surface area contributed by atoms with E-state index in [4.69, 9.17) is 4.74 Å². The highest BCUT2D eigenvalue weighted by Gasteiger charge is 2.31. The van der Waals surface area contributed by atoms with Crippen LogP contribution in [0.5, 0.6) is 0 Å². The van der Waals surface area contributed by atoms with Crippen molar-refractivity contribution in [3.63, 3.8) is 0 Å². The van der Waals surface area contributed by atoms with Gasteiger partial charge in [0.1, 0.15) is 0 Å². The second kappa shape index (κ2) is 5.80. The average molecular weight is 241 g/mol. The summed E-state index contributed by atoms with van der Waals surface area (Å²) in [6, 6.07) is 0.648. The van der Waals surface area contributed by atoms with E-state index in [1.807, 2.05) is 0 Å². The van der Waals surface area contributed by atoms with Crippen LogP contribution in [-0.4, -0.2) is 74.7 Å². The van der Waals surface area contributed by atoms with Gasteiger partial charge in [-0.1, -0.05) is 0 Å². The molecule has 0 aromatic carbocycles. The summed E-state index contributed by atoms with van der Waals surface area (Å²) in [5.74, 6) is 0.111. The largest absolute Gasteiger partial charge is 0.374 e. The van der Waals surface area contributed by atoms with Gasteiger partial charge in [0, 0.05) is 33.2 Å². The Kier molecular flexibility index (Phi) is 4.36. The van der Waals surface area contributed by atoms with E-state index in [9.17, 15) is 4.79 Å². The second-order valence-corrected chi connectivity index (χ2v) is 5.17. The molecule has 5 nitrogen and oxygen atoms in total. The standard InChI is InChI=1S/C12H23N3O2/c1-14(2)12(16)7-13-6-11-8-15-5-3-4-10(15)9-17-11/h10-11,13H,3-9H2,1-2H3. The number of rotatable bonds is 4. The molecule has 0 spiro atoms. The number of morpholine rings is 1. The summed E-state index contributed by atoms with van der Waals surface area (Å²) in [6.45, 7) is 4.24. The molecule has 0 aliphatic carbocycles. The molecule has 0 aromatic rings. The van der Waals surface area contributed by atoms with Gasteiger partial charge in [0.05, 0.1) is 19.3 Å². The summed E-state index contributed by atoms with van der Waals surface area (Å²) in [6.07, 6.45) is 2.81. The normalized spacial score (nSPS) is 29.1. The van der Waals surface area contributed by atoms with Crippen LogP contribution in [0.1, 0.15) is 12.8 Å². The summed E-state index contributed by atoms with van der Waals surface area (Å²) in [7, 11) is 3.55. The number of hydrogen-bond acceptors (Lipinski definition) is 4. The Bertz CT molecular complexity index is 270. The maximum Gasteiger partial charge on any atom is 0.236 e. The molecule has 2 fully saturated rings. The van der Waals surface area contributed by atoms with Crippen LogP contribution in [0.15, 0.2) is 0 Å². The lowest BCUT2D eigenvalue weighted by Gasteiger charge is -2.35. The number of likely N-dealkylation sites (N-methyl/N-ethyl adjacent to an activating group) is 1. The van der Waals surface area contributed by atoms with E-state index in [2.05, 4.69) is 10.2 Å². The highest BCUT2D eigenvalue weighted by atomic mass is 16.5. The summed E-state index contributed by atoms with van der Waals surface area (Å²) in [5, 5.41) is 3.17.